The fourth-order valence-electron chi connectivity index (χ4n) is 4.28. The van der Waals surface area contributed by atoms with E-state index in [9.17, 15) is 9.18 Å². The summed E-state index contributed by atoms with van der Waals surface area (Å²) in [5, 5.41) is 0. The smallest absolute Gasteiger partial charge is 0.254 e. The summed E-state index contributed by atoms with van der Waals surface area (Å²) in [6.45, 7) is 5.73. The van der Waals surface area contributed by atoms with E-state index in [4.69, 9.17) is 0 Å². The zero-order valence-corrected chi connectivity index (χ0v) is 16.5. The number of carbonyl (C=O) groups is 1. The lowest BCUT2D eigenvalue weighted by atomic mass is 9.96. The summed E-state index contributed by atoms with van der Waals surface area (Å²) < 4.78 is 13.1. The van der Waals surface area contributed by atoms with Gasteiger partial charge in [-0.25, -0.2) is 4.39 Å². The minimum atomic E-state index is -0.196. The Kier molecular flexibility index (Phi) is 5.62. The number of piperidine rings is 1. The normalized spacial score (nSPS) is 17.8. The molecule has 0 unspecified atom stereocenters. The van der Waals surface area contributed by atoms with Crippen LogP contribution in [0.4, 0.5) is 10.1 Å². The van der Waals surface area contributed by atoms with Crippen LogP contribution in [0.5, 0.6) is 0 Å². The van der Waals surface area contributed by atoms with Crippen LogP contribution in [0.1, 0.15) is 28.8 Å². The van der Waals surface area contributed by atoms with Crippen molar-refractivity contribution in [2.45, 2.75) is 19.4 Å². The average Bonchev–Trinajstić information content (AvgIpc) is 3.03. The average molecular weight is 381 g/mol. The van der Waals surface area contributed by atoms with Gasteiger partial charge in [0, 0.05) is 44.5 Å². The minimum absolute atomic E-state index is 0.193. The first kappa shape index (κ1) is 18.9. The van der Waals surface area contributed by atoms with Crippen LogP contribution in [-0.4, -0.2) is 55.5 Å². The number of fused-ring (bicyclic) bond motifs is 1. The Morgan fingerprint density at radius 3 is 2.50 bits per heavy atom. The summed E-state index contributed by atoms with van der Waals surface area (Å²) in [4.78, 5) is 19.2. The zero-order valence-electron chi connectivity index (χ0n) is 16.5. The Balaban J connectivity index is 1.21. The van der Waals surface area contributed by atoms with E-state index in [1.54, 1.807) is 0 Å². The Labute approximate surface area is 166 Å². The predicted octanol–water partition coefficient (Wildman–Crippen LogP) is 3.63. The fourth-order valence-corrected chi connectivity index (χ4v) is 4.28. The molecule has 0 radical (unpaired) electrons. The minimum Gasteiger partial charge on any atom is -0.373 e. The van der Waals surface area contributed by atoms with Crippen molar-refractivity contribution in [1.29, 1.82) is 0 Å². The van der Waals surface area contributed by atoms with Crippen LogP contribution in [0.2, 0.25) is 0 Å². The van der Waals surface area contributed by atoms with Crippen molar-refractivity contribution in [2.75, 3.05) is 44.7 Å². The first-order valence-electron chi connectivity index (χ1n) is 10.2. The Hall–Kier alpha value is -2.40. The van der Waals surface area contributed by atoms with Gasteiger partial charge in [-0.1, -0.05) is 18.2 Å². The number of hydrogen-bond acceptors (Lipinski definition) is 3. The topological polar surface area (TPSA) is 26.8 Å². The first-order valence-corrected chi connectivity index (χ1v) is 10.2. The molecule has 0 aromatic heterocycles. The van der Waals surface area contributed by atoms with Crippen molar-refractivity contribution in [1.82, 2.24) is 9.80 Å². The van der Waals surface area contributed by atoms with Gasteiger partial charge in [0.1, 0.15) is 5.82 Å². The standard InChI is InChI=1S/C23H28FN3O/c1-25(21-8-6-20(24)7-9-21)14-15-26-12-10-18(11-13-26)16-27-17-19-4-2-3-5-22(19)23(27)28/h2-9,18H,10-17H2,1H3. The van der Waals surface area contributed by atoms with Gasteiger partial charge >= 0.3 is 0 Å². The summed E-state index contributed by atoms with van der Waals surface area (Å²) >= 11 is 0. The number of carbonyl (C=O) groups excluding carboxylic acids is 1. The molecule has 0 atom stereocenters. The van der Waals surface area contributed by atoms with Crippen LogP contribution in [0.3, 0.4) is 0 Å². The highest BCUT2D eigenvalue weighted by molar-refractivity contribution is 5.98. The first-order chi connectivity index (χ1) is 13.6. The Morgan fingerprint density at radius 2 is 1.79 bits per heavy atom. The molecule has 4 rings (SSSR count). The Morgan fingerprint density at radius 1 is 1.07 bits per heavy atom. The number of anilines is 1. The third kappa shape index (κ3) is 4.20. The van der Waals surface area contributed by atoms with Gasteiger partial charge in [0.15, 0.2) is 0 Å². The van der Waals surface area contributed by atoms with E-state index in [-0.39, 0.29) is 11.7 Å². The largest absolute Gasteiger partial charge is 0.373 e. The van der Waals surface area contributed by atoms with Crippen LogP contribution in [0.25, 0.3) is 0 Å². The number of rotatable bonds is 6. The molecule has 1 fully saturated rings. The zero-order chi connectivity index (χ0) is 19.5. The van der Waals surface area contributed by atoms with Crippen LogP contribution >= 0.6 is 0 Å². The molecule has 1 saturated heterocycles. The molecule has 0 aliphatic carbocycles. The molecule has 4 nitrogen and oxygen atoms in total. The van der Waals surface area contributed by atoms with E-state index >= 15 is 0 Å². The second kappa shape index (κ2) is 8.31. The predicted molar refractivity (Wildman–Crippen MR) is 110 cm³/mol. The lowest BCUT2D eigenvalue weighted by Crippen LogP contribution is -2.41. The molecule has 2 heterocycles. The third-order valence-corrected chi connectivity index (χ3v) is 6.10. The van der Waals surface area contributed by atoms with Gasteiger partial charge in [-0.15, -0.1) is 0 Å². The number of amides is 1. The molecule has 0 spiro atoms. The van der Waals surface area contributed by atoms with Gasteiger partial charge in [-0.2, -0.15) is 0 Å². The Bertz CT molecular complexity index is 815. The van der Waals surface area contributed by atoms with Crippen LogP contribution in [0, 0.1) is 11.7 Å². The summed E-state index contributed by atoms with van der Waals surface area (Å²) in [7, 11) is 2.05. The third-order valence-electron chi connectivity index (χ3n) is 6.10. The van der Waals surface area contributed by atoms with E-state index in [0.717, 1.165) is 68.9 Å². The lowest BCUT2D eigenvalue weighted by Gasteiger charge is -2.34. The number of nitrogens with zero attached hydrogens (tertiary/aromatic N) is 3. The van der Waals surface area contributed by atoms with Gasteiger partial charge in [-0.3, -0.25) is 4.79 Å². The maximum absolute atomic E-state index is 13.1. The van der Waals surface area contributed by atoms with Crippen LogP contribution in [-0.2, 0) is 6.54 Å². The summed E-state index contributed by atoms with van der Waals surface area (Å²) in [6, 6.07) is 14.6. The second-order valence-electron chi connectivity index (χ2n) is 8.03. The molecular weight excluding hydrogens is 353 g/mol. The molecule has 2 aliphatic rings. The van der Waals surface area contributed by atoms with Gasteiger partial charge in [0.05, 0.1) is 0 Å². The van der Waals surface area contributed by atoms with Crippen molar-refractivity contribution < 1.29 is 9.18 Å². The highest BCUT2D eigenvalue weighted by Gasteiger charge is 2.30. The van der Waals surface area contributed by atoms with Gasteiger partial charge in [0.2, 0.25) is 0 Å². The number of likely N-dealkylation sites (N-methyl/N-ethyl adjacent to an activating group) is 1. The van der Waals surface area contributed by atoms with E-state index in [1.807, 2.05) is 35.2 Å². The molecule has 2 aromatic rings. The maximum Gasteiger partial charge on any atom is 0.254 e. The second-order valence-corrected chi connectivity index (χ2v) is 8.03. The quantitative estimate of drug-likeness (QED) is 0.765. The molecule has 2 aliphatic heterocycles. The number of halogens is 1. The SMILES string of the molecule is CN(CCN1CCC(CN2Cc3ccccc3C2=O)CC1)c1ccc(F)cc1. The van der Waals surface area contributed by atoms with E-state index in [1.165, 1.54) is 12.1 Å². The molecule has 148 valence electrons. The molecule has 0 bridgehead atoms. The van der Waals surface area contributed by atoms with E-state index in [2.05, 4.69) is 22.9 Å². The maximum atomic E-state index is 13.1. The number of hydrogen-bond donors (Lipinski definition) is 0. The highest BCUT2D eigenvalue weighted by atomic mass is 19.1. The summed E-state index contributed by atoms with van der Waals surface area (Å²) in [5.74, 6) is 0.585. The molecule has 5 heteroatoms. The molecule has 0 N–H and O–H groups in total. The van der Waals surface area contributed by atoms with Gasteiger partial charge in [0.25, 0.3) is 5.91 Å². The van der Waals surface area contributed by atoms with E-state index in [0.29, 0.717) is 5.92 Å². The van der Waals surface area contributed by atoms with Crippen LogP contribution < -0.4 is 4.90 Å². The highest BCUT2D eigenvalue weighted by Crippen LogP contribution is 2.26. The number of likely N-dealkylation sites (tertiary alicyclic amines) is 1. The summed E-state index contributed by atoms with van der Waals surface area (Å²) in [5.41, 5.74) is 3.08. The van der Waals surface area contributed by atoms with Crippen molar-refractivity contribution in [2.24, 2.45) is 5.92 Å². The summed E-state index contributed by atoms with van der Waals surface area (Å²) in [6.07, 6.45) is 2.28. The molecule has 0 saturated carbocycles. The van der Waals surface area contributed by atoms with Crippen molar-refractivity contribution in [3.05, 3.63) is 65.5 Å². The van der Waals surface area contributed by atoms with Gasteiger partial charge in [-0.05, 0) is 67.7 Å². The van der Waals surface area contributed by atoms with Crippen molar-refractivity contribution in [3.63, 3.8) is 0 Å². The number of benzene rings is 2. The lowest BCUT2D eigenvalue weighted by molar-refractivity contribution is 0.0715. The van der Waals surface area contributed by atoms with E-state index < -0.39 is 0 Å². The molecule has 28 heavy (non-hydrogen) atoms. The molecule has 2 aromatic carbocycles. The van der Waals surface area contributed by atoms with Crippen molar-refractivity contribution in [3.8, 4) is 0 Å². The van der Waals surface area contributed by atoms with Crippen LogP contribution in [0.15, 0.2) is 48.5 Å². The van der Waals surface area contributed by atoms with Crippen molar-refractivity contribution >= 4 is 11.6 Å². The monoisotopic (exact) mass is 381 g/mol. The fraction of sp³-hybridized carbons (Fsp3) is 0.435. The molecular formula is C23H28FN3O. The van der Waals surface area contributed by atoms with Gasteiger partial charge < -0.3 is 14.7 Å². The molecule has 1 amide bonds.